The van der Waals surface area contributed by atoms with Gasteiger partial charge in [-0.2, -0.15) is 0 Å². The van der Waals surface area contributed by atoms with Gasteiger partial charge in [0.2, 0.25) is 0 Å². The van der Waals surface area contributed by atoms with E-state index in [9.17, 15) is 4.39 Å². The Bertz CT molecular complexity index is 359. The lowest BCUT2D eigenvalue weighted by molar-refractivity contribution is 0.572. The number of halogens is 2. The van der Waals surface area contributed by atoms with Crippen molar-refractivity contribution in [3.63, 3.8) is 0 Å². The summed E-state index contributed by atoms with van der Waals surface area (Å²) < 4.78 is 13.4. The fourth-order valence-corrected chi connectivity index (χ4v) is 2.34. The molecular formula is C12H15ClFN. The van der Waals surface area contributed by atoms with Crippen LogP contribution < -0.4 is 5.32 Å². The van der Waals surface area contributed by atoms with Crippen LogP contribution in [0.3, 0.4) is 0 Å². The Morgan fingerprint density at radius 2 is 2.33 bits per heavy atom. The molecule has 82 valence electrons. The average molecular weight is 228 g/mol. The zero-order valence-electron chi connectivity index (χ0n) is 8.82. The van der Waals surface area contributed by atoms with Crippen LogP contribution >= 0.6 is 11.6 Å². The molecule has 15 heavy (non-hydrogen) atoms. The van der Waals surface area contributed by atoms with Gasteiger partial charge in [0.1, 0.15) is 5.82 Å². The van der Waals surface area contributed by atoms with Crippen molar-refractivity contribution in [1.29, 1.82) is 0 Å². The van der Waals surface area contributed by atoms with Gasteiger partial charge in [0.25, 0.3) is 0 Å². The highest BCUT2D eigenvalue weighted by Crippen LogP contribution is 2.24. The first-order valence-corrected chi connectivity index (χ1v) is 5.70. The Labute approximate surface area is 94.6 Å². The first kappa shape index (κ1) is 10.9. The van der Waals surface area contributed by atoms with Crippen LogP contribution in [0.1, 0.15) is 17.5 Å². The van der Waals surface area contributed by atoms with E-state index in [2.05, 4.69) is 5.32 Å². The van der Waals surface area contributed by atoms with Crippen molar-refractivity contribution in [2.24, 2.45) is 5.92 Å². The lowest BCUT2D eigenvalue weighted by atomic mass is 9.98. The Morgan fingerprint density at radius 3 is 3.00 bits per heavy atom. The smallest absolute Gasteiger partial charge is 0.126 e. The summed E-state index contributed by atoms with van der Waals surface area (Å²) in [6, 6.07) is 3.30. The second kappa shape index (κ2) is 4.50. The van der Waals surface area contributed by atoms with Crippen LogP contribution in [-0.2, 0) is 6.42 Å². The lowest BCUT2D eigenvalue weighted by Crippen LogP contribution is -2.11. The number of aryl methyl sites for hydroxylation is 1. The molecule has 0 aliphatic carbocycles. The zero-order valence-corrected chi connectivity index (χ0v) is 9.57. The van der Waals surface area contributed by atoms with Gasteiger partial charge < -0.3 is 5.32 Å². The second-order valence-corrected chi connectivity index (χ2v) is 4.66. The lowest BCUT2D eigenvalue weighted by Gasteiger charge is -2.11. The normalized spacial score (nSPS) is 20.9. The maximum Gasteiger partial charge on any atom is 0.126 e. The fourth-order valence-electron chi connectivity index (χ4n) is 2.04. The van der Waals surface area contributed by atoms with Gasteiger partial charge >= 0.3 is 0 Å². The van der Waals surface area contributed by atoms with Crippen LogP contribution in [0.15, 0.2) is 12.1 Å². The molecule has 0 radical (unpaired) electrons. The third-order valence-corrected chi connectivity index (χ3v) is 3.35. The van der Waals surface area contributed by atoms with Crippen molar-refractivity contribution in [2.75, 3.05) is 13.1 Å². The second-order valence-electron chi connectivity index (χ2n) is 4.26. The van der Waals surface area contributed by atoms with Crippen LogP contribution in [0.2, 0.25) is 5.02 Å². The SMILES string of the molecule is Cc1cc(Cl)c(CC2CCNC2)cc1F. The monoisotopic (exact) mass is 227 g/mol. The molecule has 1 nitrogen and oxygen atoms in total. The van der Waals surface area contributed by atoms with Crippen molar-refractivity contribution in [3.8, 4) is 0 Å². The first-order chi connectivity index (χ1) is 7.16. The molecule has 0 aromatic heterocycles. The maximum atomic E-state index is 13.4. The van der Waals surface area contributed by atoms with E-state index < -0.39 is 0 Å². The average Bonchev–Trinajstić information content (AvgIpc) is 2.67. The minimum atomic E-state index is -0.152. The van der Waals surface area contributed by atoms with Crippen molar-refractivity contribution in [2.45, 2.75) is 19.8 Å². The highest BCUT2D eigenvalue weighted by atomic mass is 35.5. The Kier molecular flexibility index (Phi) is 3.27. The van der Waals surface area contributed by atoms with E-state index in [-0.39, 0.29) is 5.82 Å². The van der Waals surface area contributed by atoms with E-state index >= 15 is 0 Å². The molecule has 1 aromatic rings. The molecule has 0 bridgehead atoms. The van der Waals surface area contributed by atoms with Crippen LogP contribution in [0.25, 0.3) is 0 Å². The van der Waals surface area contributed by atoms with Gasteiger partial charge in [-0.15, -0.1) is 0 Å². The molecule has 0 saturated carbocycles. The van der Waals surface area contributed by atoms with E-state index in [0.29, 0.717) is 16.5 Å². The van der Waals surface area contributed by atoms with Gasteiger partial charge in [-0.05, 0) is 62.0 Å². The zero-order chi connectivity index (χ0) is 10.8. The molecule has 1 unspecified atom stereocenters. The molecule has 3 heteroatoms. The van der Waals surface area contributed by atoms with E-state index in [1.807, 2.05) is 0 Å². The molecule has 2 rings (SSSR count). The summed E-state index contributed by atoms with van der Waals surface area (Å²) in [6.07, 6.45) is 2.04. The molecule has 1 aromatic carbocycles. The predicted octanol–water partition coefficient (Wildman–Crippen LogP) is 2.94. The van der Waals surface area contributed by atoms with Gasteiger partial charge in [-0.3, -0.25) is 0 Å². The summed E-state index contributed by atoms with van der Waals surface area (Å²) in [6.45, 7) is 3.82. The van der Waals surface area contributed by atoms with Crippen molar-refractivity contribution in [3.05, 3.63) is 34.1 Å². The Hall–Kier alpha value is -0.600. The number of hydrogen-bond acceptors (Lipinski definition) is 1. The van der Waals surface area contributed by atoms with E-state index in [1.165, 1.54) is 0 Å². The highest BCUT2D eigenvalue weighted by Gasteiger charge is 2.17. The van der Waals surface area contributed by atoms with Gasteiger partial charge in [-0.25, -0.2) is 4.39 Å². The summed E-state index contributed by atoms with van der Waals surface area (Å²) in [5, 5.41) is 4.00. The number of nitrogens with one attached hydrogen (secondary N) is 1. The number of rotatable bonds is 2. The molecule has 1 N–H and O–H groups in total. The Balaban J connectivity index is 2.16. The third kappa shape index (κ3) is 2.50. The van der Waals surface area contributed by atoms with Crippen LogP contribution in [0, 0.1) is 18.7 Å². The summed E-state index contributed by atoms with van der Waals surface area (Å²) >= 11 is 6.09. The summed E-state index contributed by atoms with van der Waals surface area (Å²) in [5.74, 6) is 0.449. The van der Waals surface area contributed by atoms with Crippen molar-refractivity contribution in [1.82, 2.24) is 5.32 Å². The molecule has 1 saturated heterocycles. The highest BCUT2D eigenvalue weighted by molar-refractivity contribution is 6.31. The third-order valence-electron chi connectivity index (χ3n) is 3.00. The molecule has 1 atom stereocenters. The van der Waals surface area contributed by atoms with E-state index in [4.69, 9.17) is 11.6 Å². The van der Waals surface area contributed by atoms with E-state index in [1.54, 1.807) is 19.1 Å². The number of hydrogen-bond donors (Lipinski definition) is 1. The van der Waals surface area contributed by atoms with Crippen molar-refractivity contribution >= 4 is 11.6 Å². The quantitative estimate of drug-likeness (QED) is 0.819. The first-order valence-electron chi connectivity index (χ1n) is 5.32. The topological polar surface area (TPSA) is 12.0 Å². The predicted molar refractivity (Wildman–Crippen MR) is 60.8 cm³/mol. The molecule has 1 aliphatic rings. The van der Waals surface area contributed by atoms with Gasteiger partial charge in [0, 0.05) is 5.02 Å². The van der Waals surface area contributed by atoms with Crippen LogP contribution in [-0.4, -0.2) is 13.1 Å². The molecule has 0 amide bonds. The van der Waals surface area contributed by atoms with Crippen molar-refractivity contribution < 1.29 is 4.39 Å². The summed E-state index contributed by atoms with van der Waals surface area (Å²) in [5.41, 5.74) is 1.56. The van der Waals surface area contributed by atoms with Crippen LogP contribution in [0.5, 0.6) is 0 Å². The fraction of sp³-hybridized carbons (Fsp3) is 0.500. The molecule has 1 fully saturated rings. The van der Waals surface area contributed by atoms with Gasteiger partial charge in [0.15, 0.2) is 0 Å². The Morgan fingerprint density at radius 1 is 1.53 bits per heavy atom. The molecule has 1 heterocycles. The summed E-state index contributed by atoms with van der Waals surface area (Å²) in [7, 11) is 0. The summed E-state index contributed by atoms with van der Waals surface area (Å²) in [4.78, 5) is 0. The largest absolute Gasteiger partial charge is 0.316 e. The minimum absolute atomic E-state index is 0.152. The minimum Gasteiger partial charge on any atom is -0.316 e. The molecule has 0 spiro atoms. The van der Waals surface area contributed by atoms with Crippen LogP contribution in [0.4, 0.5) is 4.39 Å². The van der Waals surface area contributed by atoms with Gasteiger partial charge in [-0.1, -0.05) is 11.6 Å². The maximum absolute atomic E-state index is 13.4. The van der Waals surface area contributed by atoms with E-state index in [0.717, 1.165) is 31.5 Å². The molecular weight excluding hydrogens is 213 g/mol. The number of benzene rings is 1. The molecule has 1 aliphatic heterocycles. The standard InChI is InChI=1S/C12H15ClFN/c1-8-4-11(13)10(6-12(8)14)5-9-2-3-15-7-9/h4,6,9,15H,2-3,5,7H2,1H3. The van der Waals surface area contributed by atoms with Gasteiger partial charge in [0.05, 0.1) is 0 Å².